The normalized spacial score (nSPS) is 30.6. The van der Waals surface area contributed by atoms with Crippen LogP contribution in [-0.4, -0.2) is 36.5 Å². The fourth-order valence-corrected chi connectivity index (χ4v) is 4.50. The monoisotopic (exact) mass is 299 g/mol. The summed E-state index contributed by atoms with van der Waals surface area (Å²) in [4.78, 5) is 17.4. The molecule has 0 bridgehead atoms. The van der Waals surface area contributed by atoms with E-state index in [1.807, 2.05) is 4.90 Å². The van der Waals surface area contributed by atoms with Gasteiger partial charge in [0.05, 0.1) is 5.41 Å². The lowest BCUT2D eigenvalue weighted by atomic mass is 9.58. The maximum absolute atomic E-state index is 13.0. The van der Waals surface area contributed by atoms with Gasteiger partial charge in [0.2, 0.25) is 5.91 Å². The highest BCUT2D eigenvalue weighted by Crippen LogP contribution is 2.49. The van der Waals surface area contributed by atoms with E-state index in [2.05, 4.69) is 30.0 Å². The molecule has 22 heavy (non-hydrogen) atoms. The van der Waals surface area contributed by atoms with Crippen molar-refractivity contribution in [1.82, 2.24) is 4.90 Å². The molecule has 0 unspecified atom stereocenters. The van der Waals surface area contributed by atoms with E-state index in [9.17, 15) is 4.79 Å². The summed E-state index contributed by atoms with van der Waals surface area (Å²) in [5.41, 5.74) is 9.59. The largest absolute Gasteiger partial charge is 0.372 e. The summed E-state index contributed by atoms with van der Waals surface area (Å²) in [7, 11) is 0. The molecule has 118 valence electrons. The third-order valence-corrected chi connectivity index (χ3v) is 5.74. The van der Waals surface area contributed by atoms with Crippen molar-refractivity contribution in [3.05, 3.63) is 29.3 Å². The van der Waals surface area contributed by atoms with Crippen molar-refractivity contribution in [2.24, 2.45) is 5.73 Å². The molecule has 0 atom stereocenters. The van der Waals surface area contributed by atoms with Crippen molar-refractivity contribution in [3.63, 3.8) is 0 Å². The van der Waals surface area contributed by atoms with E-state index in [1.54, 1.807) is 0 Å². The molecule has 2 N–H and O–H groups in total. The minimum atomic E-state index is -0.335. The highest BCUT2D eigenvalue weighted by atomic mass is 16.2. The molecule has 4 nitrogen and oxygen atoms in total. The second kappa shape index (κ2) is 4.98. The Morgan fingerprint density at radius 3 is 2.64 bits per heavy atom. The van der Waals surface area contributed by atoms with Crippen molar-refractivity contribution < 1.29 is 4.79 Å². The molecule has 1 aromatic rings. The number of hydrogen-bond acceptors (Lipinski definition) is 3. The minimum Gasteiger partial charge on any atom is -0.372 e. The van der Waals surface area contributed by atoms with Crippen LogP contribution < -0.4 is 10.6 Å². The molecule has 2 fully saturated rings. The Balaban J connectivity index is 1.77. The third kappa shape index (κ3) is 1.89. The van der Waals surface area contributed by atoms with E-state index in [1.165, 1.54) is 29.7 Å². The molecule has 1 aliphatic carbocycles. The standard InChI is InChI=1S/C18H25N3O/c1-2-20-12-13-5-6-15(21-7-3-4-8-21)9-16(13)18(17(20)22)10-14(19)11-18/h5-6,9,14H,2-4,7-8,10-12,19H2,1H3. The predicted molar refractivity (Wildman–Crippen MR) is 87.9 cm³/mol. The molecule has 1 aromatic carbocycles. The lowest BCUT2D eigenvalue weighted by Crippen LogP contribution is -2.61. The molecule has 1 saturated heterocycles. The van der Waals surface area contributed by atoms with Gasteiger partial charge >= 0.3 is 0 Å². The average Bonchev–Trinajstić information content (AvgIpc) is 3.02. The predicted octanol–water partition coefficient (Wildman–Crippen LogP) is 2.01. The molecule has 0 aromatic heterocycles. The number of benzene rings is 1. The molecule has 4 rings (SSSR count). The van der Waals surface area contributed by atoms with Crippen LogP contribution in [0, 0.1) is 0 Å². The van der Waals surface area contributed by atoms with Crippen LogP contribution in [0.15, 0.2) is 18.2 Å². The number of carbonyl (C=O) groups is 1. The molecule has 1 amide bonds. The molecule has 4 heteroatoms. The molecule has 1 spiro atoms. The van der Waals surface area contributed by atoms with Gasteiger partial charge in [0.15, 0.2) is 0 Å². The molecule has 0 radical (unpaired) electrons. The number of nitrogens with two attached hydrogens (primary N) is 1. The number of likely N-dealkylation sites (N-methyl/N-ethyl adjacent to an activating group) is 1. The summed E-state index contributed by atoms with van der Waals surface area (Å²) in [6.45, 7) is 5.87. The van der Waals surface area contributed by atoms with Gasteiger partial charge in [0, 0.05) is 37.9 Å². The van der Waals surface area contributed by atoms with Crippen LogP contribution >= 0.6 is 0 Å². The van der Waals surface area contributed by atoms with Crippen molar-refractivity contribution in [3.8, 4) is 0 Å². The maximum Gasteiger partial charge on any atom is 0.233 e. The van der Waals surface area contributed by atoms with Crippen LogP contribution in [0.4, 0.5) is 5.69 Å². The zero-order valence-corrected chi connectivity index (χ0v) is 13.3. The van der Waals surface area contributed by atoms with Gasteiger partial charge in [-0.05, 0) is 55.9 Å². The summed E-state index contributed by atoms with van der Waals surface area (Å²) in [6.07, 6.45) is 4.16. The summed E-state index contributed by atoms with van der Waals surface area (Å²) >= 11 is 0. The summed E-state index contributed by atoms with van der Waals surface area (Å²) in [6, 6.07) is 6.94. The lowest BCUT2D eigenvalue weighted by Gasteiger charge is -2.51. The Morgan fingerprint density at radius 2 is 2.00 bits per heavy atom. The SMILES string of the molecule is CCN1Cc2ccc(N3CCCC3)cc2C2(CC(N)C2)C1=O. The molecular weight excluding hydrogens is 274 g/mol. The zero-order valence-electron chi connectivity index (χ0n) is 13.3. The smallest absolute Gasteiger partial charge is 0.233 e. The molecule has 2 aliphatic heterocycles. The van der Waals surface area contributed by atoms with E-state index >= 15 is 0 Å². The Kier molecular flexibility index (Phi) is 3.19. The van der Waals surface area contributed by atoms with Gasteiger partial charge in [-0.25, -0.2) is 0 Å². The lowest BCUT2D eigenvalue weighted by molar-refractivity contribution is -0.143. The van der Waals surface area contributed by atoms with E-state index in [-0.39, 0.29) is 11.5 Å². The number of fused-ring (bicyclic) bond motifs is 2. The second-order valence-electron chi connectivity index (χ2n) is 7.11. The first-order chi connectivity index (χ1) is 10.6. The van der Waals surface area contributed by atoms with Crippen LogP contribution in [0.25, 0.3) is 0 Å². The average molecular weight is 299 g/mol. The Hall–Kier alpha value is -1.55. The van der Waals surface area contributed by atoms with Crippen LogP contribution in [0.5, 0.6) is 0 Å². The first-order valence-corrected chi connectivity index (χ1v) is 8.57. The van der Waals surface area contributed by atoms with Gasteiger partial charge in [-0.15, -0.1) is 0 Å². The van der Waals surface area contributed by atoms with E-state index in [4.69, 9.17) is 5.73 Å². The summed E-state index contributed by atoms with van der Waals surface area (Å²) in [5.74, 6) is 0.294. The summed E-state index contributed by atoms with van der Waals surface area (Å²) in [5, 5.41) is 0. The highest BCUT2D eigenvalue weighted by molar-refractivity contribution is 5.92. The van der Waals surface area contributed by atoms with Gasteiger partial charge in [-0.2, -0.15) is 0 Å². The first-order valence-electron chi connectivity index (χ1n) is 8.57. The first kappa shape index (κ1) is 14.1. The summed E-state index contributed by atoms with van der Waals surface area (Å²) < 4.78 is 0. The topological polar surface area (TPSA) is 49.6 Å². The molecule has 1 saturated carbocycles. The van der Waals surface area contributed by atoms with Crippen LogP contribution in [0.1, 0.15) is 43.7 Å². The maximum atomic E-state index is 13.0. The minimum absolute atomic E-state index is 0.170. The quantitative estimate of drug-likeness (QED) is 0.909. The van der Waals surface area contributed by atoms with Gasteiger partial charge in [-0.1, -0.05) is 6.07 Å². The van der Waals surface area contributed by atoms with E-state index < -0.39 is 0 Å². The Morgan fingerprint density at radius 1 is 1.27 bits per heavy atom. The number of anilines is 1. The number of carbonyl (C=O) groups excluding carboxylic acids is 1. The zero-order chi connectivity index (χ0) is 15.3. The number of rotatable bonds is 2. The Labute approximate surface area is 132 Å². The van der Waals surface area contributed by atoms with Crippen molar-refractivity contribution >= 4 is 11.6 Å². The van der Waals surface area contributed by atoms with Gasteiger partial charge in [-0.3, -0.25) is 4.79 Å². The second-order valence-corrected chi connectivity index (χ2v) is 7.11. The number of amides is 1. The number of nitrogens with zero attached hydrogens (tertiary/aromatic N) is 2. The van der Waals surface area contributed by atoms with Crippen molar-refractivity contribution in [1.29, 1.82) is 0 Å². The van der Waals surface area contributed by atoms with Gasteiger partial charge < -0.3 is 15.5 Å². The van der Waals surface area contributed by atoms with Crippen LogP contribution in [0.3, 0.4) is 0 Å². The van der Waals surface area contributed by atoms with Crippen molar-refractivity contribution in [2.45, 2.75) is 50.6 Å². The Bertz CT molecular complexity index is 600. The third-order valence-electron chi connectivity index (χ3n) is 5.74. The number of hydrogen-bond donors (Lipinski definition) is 1. The highest BCUT2D eigenvalue weighted by Gasteiger charge is 2.54. The molecular formula is C18H25N3O. The fourth-order valence-electron chi connectivity index (χ4n) is 4.50. The van der Waals surface area contributed by atoms with Crippen LogP contribution in [-0.2, 0) is 16.8 Å². The van der Waals surface area contributed by atoms with Gasteiger partial charge in [0.25, 0.3) is 0 Å². The van der Waals surface area contributed by atoms with Crippen molar-refractivity contribution in [2.75, 3.05) is 24.5 Å². The molecule has 2 heterocycles. The van der Waals surface area contributed by atoms with E-state index in [0.29, 0.717) is 5.91 Å². The van der Waals surface area contributed by atoms with Crippen LogP contribution in [0.2, 0.25) is 0 Å². The van der Waals surface area contributed by atoms with E-state index in [0.717, 1.165) is 39.0 Å². The van der Waals surface area contributed by atoms with Gasteiger partial charge in [0.1, 0.15) is 0 Å². The molecule has 3 aliphatic rings. The fraction of sp³-hybridized carbons (Fsp3) is 0.611.